The molecule has 0 unspecified atom stereocenters. The first-order chi connectivity index (χ1) is 16.0. The van der Waals surface area contributed by atoms with Crippen LogP contribution in [0.15, 0.2) is 83.8 Å². The summed E-state index contributed by atoms with van der Waals surface area (Å²) in [6.45, 7) is 0.0643. The van der Waals surface area contributed by atoms with Crippen LogP contribution in [0.3, 0.4) is 0 Å². The molecule has 166 valence electrons. The molecule has 3 aromatic carbocycles. The number of anilines is 1. The summed E-state index contributed by atoms with van der Waals surface area (Å²) in [4.78, 5) is 38.6. The van der Waals surface area contributed by atoms with Crippen LogP contribution in [0.25, 0.3) is 6.08 Å². The average Bonchev–Trinajstić information content (AvgIpc) is 3.08. The van der Waals surface area contributed by atoms with E-state index in [-0.39, 0.29) is 30.2 Å². The molecule has 0 saturated carbocycles. The van der Waals surface area contributed by atoms with Crippen molar-refractivity contribution in [1.82, 2.24) is 4.90 Å². The number of ether oxygens (including phenoxy) is 1. The third-order valence-electron chi connectivity index (χ3n) is 4.73. The molecule has 3 aromatic rings. The van der Waals surface area contributed by atoms with E-state index in [1.54, 1.807) is 66.7 Å². The first kappa shape index (κ1) is 22.6. The predicted molar refractivity (Wildman–Crippen MR) is 130 cm³/mol. The van der Waals surface area contributed by atoms with Crippen LogP contribution in [-0.2, 0) is 16.1 Å². The molecule has 8 heteroatoms. The summed E-state index contributed by atoms with van der Waals surface area (Å²) in [5.74, 6) is -0.0799. The largest absolute Gasteiger partial charge is 0.484 e. The van der Waals surface area contributed by atoms with Crippen molar-refractivity contribution in [2.75, 3.05) is 11.9 Å². The van der Waals surface area contributed by atoms with Gasteiger partial charge < -0.3 is 10.1 Å². The fourth-order valence-corrected chi connectivity index (χ4v) is 4.05. The number of benzene rings is 3. The highest BCUT2D eigenvalue weighted by atomic mass is 35.5. The number of nitrogens with zero attached hydrogens (tertiary/aromatic N) is 1. The molecule has 33 heavy (non-hydrogen) atoms. The van der Waals surface area contributed by atoms with Crippen LogP contribution in [-0.4, -0.2) is 28.6 Å². The summed E-state index contributed by atoms with van der Waals surface area (Å²) in [7, 11) is 0. The minimum absolute atomic E-state index is 0.127. The van der Waals surface area contributed by atoms with Gasteiger partial charge in [-0.2, -0.15) is 0 Å². The van der Waals surface area contributed by atoms with Gasteiger partial charge in [0, 0.05) is 10.7 Å². The zero-order valence-electron chi connectivity index (χ0n) is 17.4. The minimum Gasteiger partial charge on any atom is -0.484 e. The number of nitrogens with one attached hydrogen (secondary N) is 1. The lowest BCUT2D eigenvalue weighted by molar-refractivity contribution is -0.123. The maximum atomic E-state index is 12.7. The van der Waals surface area contributed by atoms with Crippen LogP contribution in [0.5, 0.6) is 5.75 Å². The average molecular weight is 479 g/mol. The zero-order valence-corrected chi connectivity index (χ0v) is 18.9. The summed E-state index contributed by atoms with van der Waals surface area (Å²) >= 11 is 6.80. The molecule has 0 aromatic heterocycles. The molecule has 1 N–H and O–H groups in total. The van der Waals surface area contributed by atoms with Crippen LogP contribution < -0.4 is 10.1 Å². The Kier molecular flexibility index (Phi) is 7.12. The summed E-state index contributed by atoms with van der Waals surface area (Å²) in [6.07, 6.45) is 1.67. The van der Waals surface area contributed by atoms with Gasteiger partial charge in [-0.25, -0.2) is 0 Å². The second-order valence-electron chi connectivity index (χ2n) is 7.17. The van der Waals surface area contributed by atoms with Crippen molar-refractivity contribution in [3.05, 3.63) is 99.9 Å². The molecule has 3 amide bonds. The molecule has 0 radical (unpaired) electrons. The summed E-state index contributed by atoms with van der Waals surface area (Å²) in [6, 6.07) is 23.1. The molecule has 0 spiro atoms. The van der Waals surface area contributed by atoms with Gasteiger partial charge >= 0.3 is 0 Å². The van der Waals surface area contributed by atoms with Crippen LogP contribution in [0, 0.1) is 0 Å². The van der Waals surface area contributed by atoms with Crippen molar-refractivity contribution < 1.29 is 19.1 Å². The van der Waals surface area contributed by atoms with E-state index in [0.717, 1.165) is 22.9 Å². The highest BCUT2D eigenvalue weighted by molar-refractivity contribution is 8.18. The fraction of sp³-hybridized carbons (Fsp3) is 0.0800. The zero-order chi connectivity index (χ0) is 23.2. The van der Waals surface area contributed by atoms with Crippen LogP contribution in [0.1, 0.15) is 11.1 Å². The third kappa shape index (κ3) is 6.03. The van der Waals surface area contributed by atoms with E-state index in [1.165, 1.54) is 4.90 Å². The molecule has 4 rings (SSSR count). The van der Waals surface area contributed by atoms with Gasteiger partial charge in [-0.15, -0.1) is 0 Å². The lowest BCUT2D eigenvalue weighted by Gasteiger charge is -2.12. The maximum absolute atomic E-state index is 12.7. The van der Waals surface area contributed by atoms with Crippen molar-refractivity contribution >= 4 is 52.2 Å². The van der Waals surface area contributed by atoms with Crippen molar-refractivity contribution in [2.45, 2.75) is 6.54 Å². The molecule has 1 fully saturated rings. The SMILES string of the molecule is O=C(COc1ccc(/C=C2/SC(=O)N(Cc3ccc(Cl)cc3)C2=O)cc1)Nc1ccccc1. The lowest BCUT2D eigenvalue weighted by atomic mass is 10.2. The summed E-state index contributed by atoms with van der Waals surface area (Å²) in [5.41, 5.74) is 2.26. The molecular formula is C25H19ClN2O4S. The van der Waals surface area contributed by atoms with E-state index in [4.69, 9.17) is 16.3 Å². The molecule has 0 bridgehead atoms. The maximum Gasteiger partial charge on any atom is 0.293 e. The fourth-order valence-electron chi connectivity index (χ4n) is 3.09. The van der Waals surface area contributed by atoms with E-state index < -0.39 is 0 Å². The Morgan fingerprint density at radius 2 is 1.67 bits per heavy atom. The number of thioether (sulfide) groups is 1. The monoisotopic (exact) mass is 478 g/mol. The van der Waals surface area contributed by atoms with E-state index in [0.29, 0.717) is 21.4 Å². The lowest BCUT2D eigenvalue weighted by Crippen LogP contribution is -2.27. The first-order valence-corrected chi connectivity index (χ1v) is 11.2. The quantitative estimate of drug-likeness (QED) is 0.448. The number of rotatable bonds is 7. The second-order valence-corrected chi connectivity index (χ2v) is 8.60. The Labute approximate surface area is 200 Å². The van der Waals surface area contributed by atoms with Gasteiger partial charge in [0.25, 0.3) is 17.1 Å². The Morgan fingerprint density at radius 3 is 2.36 bits per heavy atom. The van der Waals surface area contributed by atoms with E-state index in [9.17, 15) is 14.4 Å². The van der Waals surface area contributed by atoms with Gasteiger partial charge in [0.1, 0.15) is 5.75 Å². The van der Waals surface area contributed by atoms with Crippen molar-refractivity contribution in [3.63, 3.8) is 0 Å². The van der Waals surface area contributed by atoms with E-state index in [2.05, 4.69) is 5.32 Å². The number of carbonyl (C=O) groups excluding carboxylic acids is 3. The van der Waals surface area contributed by atoms with Gasteiger partial charge in [0.2, 0.25) is 0 Å². The molecule has 1 aliphatic heterocycles. The first-order valence-electron chi connectivity index (χ1n) is 10.1. The molecule has 1 aliphatic rings. The van der Waals surface area contributed by atoms with E-state index >= 15 is 0 Å². The second kappa shape index (κ2) is 10.4. The number of hydrogen-bond donors (Lipinski definition) is 1. The normalized spacial score (nSPS) is 14.6. The summed E-state index contributed by atoms with van der Waals surface area (Å²) in [5, 5.41) is 3.03. The Balaban J connectivity index is 1.34. The molecular weight excluding hydrogens is 460 g/mol. The van der Waals surface area contributed by atoms with Gasteiger partial charge in [0.05, 0.1) is 11.4 Å². The molecule has 1 heterocycles. The molecule has 0 aliphatic carbocycles. The van der Waals surface area contributed by atoms with Gasteiger partial charge in [0.15, 0.2) is 6.61 Å². The van der Waals surface area contributed by atoms with Gasteiger partial charge in [-0.1, -0.05) is 54.1 Å². The molecule has 6 nitrogen and oxygen atoms in total. The van der Waals surface area contributed by atoms with Gasteiger partial charge in [-0.05, 0) is 65.4 Å². The van der Waals surface area contributed by atoms with Crippen molar-refractivity contribution in [2.24, 2.45) is 0 Å². The smallest absolute Gasteiger partial charge is 0.293 e. The Hall–Kier alpha value is -3.55. The highest BCUT2D eigenvalue weighted by Gasteiger charge is 2.34. The van der Waals surface area contributed by atoms with Crippen molar-refractivity contribution in [1.29, 1.82) is 0 Å². The third-order valence-corrected chi connectivity index (χ3v) is 5.89. The number of amides is 3. The predicted octanol–water partition coefficient (Wildman–Crippen LogP) is 5.59. The van der Waals surface area contributed by atoms with Crippen LogP contribution >= 0.6 is 23.4 Å². The molecule has 1 saturated heterocycles. The van der Waals surface area contributed by atoms with Gasteiger partial charge in [-0.3, -0.25) is 19.3 Å². The topological polar surface area (TPSA) is 75.7 Å². The van der Waals surface area contributed by atoms with E-state index in [1.807, 2.05) is 18.2 Å². The number of hydrogen-bond acceptors (Lipinski definition) is 5. The summed E-state index contributed by atoms with van der Waals surface area (Å²) < 4.78 is 5.52. The number of halogens is 1. The Bertz CT molecular complexity index is 1200. The molecule has 0 atom stereocenters. The van der Waals surface area contributed by atoms with Crippen molar-refractivity contribution in [3.8, 4) is 5.75 Å². The minimum atomic E-state index is -0.335. The number of imide groups is 1. The van der Waals surface area contributed by atoms with Crippen LogP contribution in [0.4, 0.5) is 10.5 Å². The standard InChI is InChI=1S/C25H19ClN2O4S/c26-19-10-6-18(7-11-19)15-28-24(30)22(33-25(28)31)14-17-8-12-21(13-9-17)32-16-23(29)27-20-4-2-1-3-5-20/h1-14H,15-16H2,(H,27,29)/b22-14+. The highest BCUT2D eigenvalue weighted by Crippen LogP contribution is 2.33. The number of carbonyl (C=O) groups is 3. The number of para-hydroxylation sites is 1. The Morgan fingerprint density at radius 1 is 0.970 bits per heavy atom. The van der Waals surface area contributed by atoms with Crippen LogP contribution in [0.2, 0.25) is 5.02 Å².